The summed E-state index contributed by atoms with van der Waals surface area (Å²) in [4.78, 5) is 6.76. The van der Waals surface area contributed by atoms with Crippen molar-refractivity contribution in [2.75, 3.05) is 34.5 Å². The third-order valence-electron chi connectivity index (χ3n) is 8.93. The summed E-state index contributed by atoms with van der Waals surface area (Å²) in [5, 5.41) is 10.1. The van der Waals surface area contributed by atoms with Crippen LogP contribution in [0.1, 0.15) is 49.7 Å². The molecule has 2 heterocycles. The molecule has 6 rings (SSSR count). The Morgan fingerprint density at radius 1 is 0.600 bits per heavy atom. The van der Waals surface area contributed by atoms with Gasteiger partial charge in [0.2, 0.25) is 0 Å². The van der Waals surface area contributed by atoms with E-state index in [0.29, 0.717) is 53.0 Å². The van der Waals surface area contributed by atoms with E-state index in [2.05, 4.69) is 9.69 Å². The normalized spacial score (nSPS) is 16.5. The smallest absolute Gasteiger partial charge is 0.457 e. The largest absolute Gasteiger partial charge is 0.493 e. The standard InChI is InChI=1S/C21H24BNO5.C20H22BNO5/c1-23-17-7-9-18(10-8-17)28-19-11-12-20(22(24-2)25-3)16(14-19)15-27-21-6-4-5-13-26-21;1-22-16-6-8-17(9-7-16)27-18-10-11-19(21(23)24-2)15(13-18)14-26-20-5-3-4-12-25-20/h7-12,14,21H,4-6,13,15H2,2-3H3;6-11,13,20,23H,3-5,12,14H2,2H3. The van der Waals surface area contributed by atoms with E-state index in [9.17, 15) is 5.02 Å². The molecule has 2 fully saturated rings. The van der Waals surface area contributed by atoms with E-state index >= 15 is 0 Å². The van der Waals surface area contributed by atoms with E-state index in [0.717, 1.165) is 61.7 Å². The van der Waals surface area contributed by atoms with Gasteiger partial charge >= 0.3 is 14.2 Å². The summed E-state index contributed by atoms with van der Waals surface area (Å²) < 4.78 is 50.8. The van der Waals surface area contributed by atoms with E-state index in [-0.39, 0.29) is 19.2 Å². The zero-order chi connectivity index (χ0) is 38.8. The Bertz CT molecular complexity index is 1850. The molecular formula is C41H46B2N2O10. The van der Waals surface area contributed by atoms with Crippen LogP contribution >= 0.6 is 0 Å². The summed E-state index contributed by atoms with van der Waals surface area (Å²) in [6.45, 7) is 16.1. The van der Waals surface area contributed by atoms with Crippen molar-refractivity contribution in [3.63, 3.8) is 0 Å². The molecule has 2 unspecified atom stereocenters. The molecule has 0 saturated carbocycles. The fraction of sp³-hybridized carbons (Fsp3) is 0.366. The molecule has 12 nitrogen and oxygen atoms in total. The summed E-state index contributed by atoms with van der Waals surface area (Å²) in [5.41, 5.74) is 4.34. The van der Waals surface area contributed by atoms with E-state index in [1.54, 1.807) is 74.9 Å². The SMILES string of the molecule is [C-]#[N+]c1ccc(Oc2ccc(B(O)OC)c(COC3CCCCO3)c2)cc1.[C-]#[N+]c1ccc(Oc2ccc(B(OC)OC)c(COC3CCCCO3)c2)cc1. The van der Waals surface area contributed by atoms with Gasteiger partial charge in [0, 0.05) is 34.5 Å². The first-order valence-electron chi connectivity index (χ1n) is 18.2. The monoisotopic (exact) mass is 748 g/mol. The first-order valence-corrected chi connectivity index (χ1v) is 18.2. The van der Waals surface area contributed by atoms with Crippen LogP contribution in [-0.4, -0.2) is 66.4 Å². The van der Waals surface area contributed by atoms with Crippen LogP contribution < -0.4 is 20.4 Å². The van der Waals surface area contributed by atoms with Gasteiger partial charge in [0.15, 0.2) is 24.0 Å². The Morgan fingerprint density at radius 3 is 1.44 bits per heavy atom. The van der Waals surface area contributed by atoms with Gasteiger partial charge in [0.05, 0.1) is 26.4 Å². The van der Waals surface area contributed by atoms with Gasteiger partial charge in [-0.25, -0.2) is 9.69 Å². The number of hydrogen-bond acceptors (Lipinski definition) is 10. The third-order valence-corrected chi connectivity index (χ3v) is 8.93. The first-order chi connectivity index (χ1) is 26.9. The second kappa shape index (κ2) is 22.0. The van der Waals surface area contributed by atoms with Gasteiger partial charge in [-0.3, -0.25) is 0 Å². The number of benzene rings is 4. The molecule has 0 amide bonds. The van der Waals surface area contributed by atoms with E-state index in [4.69, 9.17) is 55.5 Å². The molecule has 286 valence electrons. The minimum absolute atomic E-state index is 0.184. The Morgan fingerprint density at radius 2 is 1.04 bits per heavy atom. The minimum Gasteiger partial charge on any atom is -0.457 e. The predicted molar refractivity (Wildman–Crippen MR) is 209 cm³/mol. The lowest BCUT2D eigenvalue weighted by atomic mass is 9.76. The third kappa shape index (κ3) is 12.7. The summed E-state index contributed by atoms with van der Waals surface area (Å²) in [7, 11) is 3.13. The molecule has 0 bridgehead atoms. The lowest BCUT2D eigenvalue weighted by Crippen LogP contribution is -2.38. The zero-order valence-corrected chi connectivity index (χ0v) is 31.5. The molecule has 1 N–H and O–H groups in total. The fourth-order valence-corrected chi connectivity index (χ4v) is 5.99. The molecule has 14 heteroatoms. The Balaban J connectivity index is 0.000000211. The quantitative estimate of drug-likeness (QED) is 0.0972. The van der Waals surface area contributed by atoms with Crippen LogP contribution in [-0.2, 0) is 46.1 Å². The van der Waals surface area contributed by atoms with Crippen molar-refractivity contribution >= 4 is 36.5 Å². The Labute approximate surface area is 324 Å². The summed E-state index contributed by atoms with van der Waals surface area (Å²) in [5.74, 6) is 2.58. The van der Waals surface area contributed by atoms with Crippen LogP contribution in [0, 0.1) is 13.1 Å². The van der Waals surface area contributed by atoms with Gasteiger partial charge < -0.3 is 47.4 Å². The van der Waals surface area contributed by atoms with Gasteiger partial charge in [0.1, 0.15) is 23.0 Å². The lowest BCUT2D eigenvalue weighted by molar-refractivity contribution is -0.169. The molecule has 2 aliphatic heterocycles. The van der Waals surface area contributed by atoms with Crippen molar-refractivity contribution in [1.29, 1.82) is 0 Å². The average molecular weight is 748 g/mol. The van der Waals surface area contributed by atoms with Gasteiger partial charge in [-0.2, -0.15) is 0 Å². The van der Waals surface area contributed by atoms with Crippen molar-refractivity contribution in [2.45, 2.75) is 64.3 Å². The molecule has 0 aliphatic carbocycles. The zero-order valence-electron chi connectivity index (χ0n) is 31.5. The van der Waals surface area contributed by atoms with Gasteiger partial charge in [-0.1, -0.05) is 36.4 Å². The average Bonchev–Trinajstić information content (AvgIpc) is 3.24. The summed E-state index contributed by atoms with van der Waals surface area (Å²) >= 11 is 0. The molecule has 2 aliphatic rings. The molecule has 0 spiro atoms. The van der Waals surface area contributed by atoms with Crippen molar-refractivity contribution in [3.05, 3.63) is 119 Å². The highest BCUT2D eigenvalue weighted by Gasteiger charge is 2.24. The van der Waals surface area contributed by atoms with E-state index in [1.165, 1.54) is 7.11 Å². The van der Waals surface area contributed by atoms with Gasteiger partial charge in [0.25, 0.3) is 0 Å². The summed E-state index contributed by atoms with van der Waals surface area (Å²) in [6.07, 6.45) is 5.69. The molecule has 4 aromatic rings. The van der Waals surface area contributed by atoms with E-state index in [1.807, 2.05) is 24.3 Å². The molecule has 0 aromatic heterocycles. The van der Waals surface area contributed by atoms with Crippen LogP contribution in [0.25, 0.3) is 9.69 Å². The molecule has 0 radical (unpaired) electrons. The maximum Gasteiger partial charge on any atom is 0.493 e. The fourth-order valence-electron chi connectivity index (χ4n) is 5.99. The molecule has 55 heavy (non-hydrogen) atoms. The highest BCUT2D eigenvalue weighted by atomic mass is 16.7. The number of hydrogen-bond donors (Lipinski definition) is 1. The van der Waals surface area contributed by atoms with E-state index < -0.39 is 14.2 Å². The molecule has 2 atom stereocenters. The van der Waals surface area contributed by atoms with Crippen LogP contribution in [0.2, 0.25) is 0 Å². The second-order valence-electron chi connectivity index (χ2n) is 12.7. The molecule has 4 aromatic carbocycles. The van der Waals surface area contributed by atoms with Crippen molar-refractivity contribution in [1.82, 2.24) is 0 Å². The Hall–Kier alpha value is -4.73. The number of rotatable bonds is 15. The van der Waals surface area contributed by atoms with Crippen LogP contribution in [0.5, 0.6) is 23.0 Å². The molecule has 2 saturated heterocycles. The Kier molecular flexibility index (Phi) is 16.6. The van der Waals surface area contributed by atoms with Gasteiger partial charge in [-0.15, -0.1) is 0 Å². The maximum atomic E-state index is 10.1. The number of ether oxygens (including phenoxy) is 6. The first kappa shape index (κ1) is 41.4. The highest BCUT2D eigenvalue weighted by molar-refractivity contribution is 6.61. The van der Waals surface area contributed by atoms with Gasteiger partial charge in [-0.05, 0) is 109 Å². The minimum atomic E-state index is -1.04. The van der Waals surface area contributed by atoms with Crippen molar-refractivity contribution in [2.24, 2.45) is 0 Å². The maximum absolute atomic E-state index is 10.1. The van der Waals surface area contributed by atoms with Crippen LogP contribution in [0.15, 0.2) is 84.9 Å². The predicted octanol–water partition coefficient (Wildman–Crippen LogP) is 7.47. The number of nitrogens with zero attached hydrogens (tertiary/aromatic N) is 2. The van der Waals surface area contributed by atoms with Crippen LogP contribution in [0.4, 0.5) is 11.4 Å². The second-order valence-corrected chi connectivity index (χ2v) is 12.7. The topological polar surface area (TPSA) is 112 Å². The molecular weight excluding hydrogens is 702 g/mol. The lowest BCUT2D eigenvalue weighted by Gasteiger charge is -2.24. The summed E-state index contributed by atoms with van der Waals surface area (Å²) in [6, 6.07) is 25.0. The van der Waals surface area contributed by atoms with Crippen LogP contribution in [0.3, 0.4) is 0 Å². The van der Waals surface area contributed by atoms with Crippen molar-refractivity contribution in [3.8, 4) is 23.0 Å². The highest BCUT2D eigenvalue weighted by Crippen LogP contribution is 2.27. The van der Waals surface area contributed by atoms with Crippen molar-refractivity contribution < 1.29 is 47.4 Å².